The summed E-state index contributed by atoms with van der Waals surface area (Å²) in [5.74, 6) is 1.18. The van der Waals surface area contributed by atoms with Crippen LogP contribution in [0, 0.1) is 18.8 Å². The highest BCUT2D eigenvalue weighted by atomic mass is 32.2. The molecule has 1 N–H and O–H groups in total. The summed E-state index contributed by atoms with van der Waals surface area (Å²) in [5, 5.41) is 3.31. The Balaban J connectivity index is 2.00. The van der Waals surface area contributed by atoms with Crippen molar-refractivity contribution < 1.29 is 4.79 Å². The van der Waals surface area contributed by atoms with Crippen LogP contribution in [0.15, 0.2) is 28.0 Å². The van der Waals surface area contributed by atoms with E-state index in [-0.39, 0.29) is 11.5 Å². The Morgan fingerprint density at radius 2 is 2.03 bits per heavy atom. The van der Waals surface area contributed by atoms with Gasteiger partial charge in [-0.15, -0.1) is 0 Å². The molecule has 0 saturated carbocycles. The lowest BCUT2D eigenvalue weighted by Gasteiger charge is -2.21. The van der Waals surface area contributed by atoms with Gasteiger partial charge in [0.05, 0.1) is 10.5 Å². The summed E-state index contributed by atoms with van der Waals surface area (Å²) in [4.78, 5) is 33.6. The van der Waals surface area contributed by atoms with Crippen molar-refractivity contribution in [3.05, 3.63) is 44.7 Å². The molecular formula is C25H34N4O2S2. The average Bonchev–Trinajstić information content (AvgIpc) is 3.04. The van der Waals surface area contributed by atoms with E-state index in [1.807, 2.05) is 19.1 Å². The standard InChI is InChI=1S/C25H34N4O2S2/c1-6-8-11-18(7-2)15-29-24(31)20(33-25(29)32)13-19-21(26-14-16(3)4)27-22-17(5)10-9-12-28(22)23(19)30/h9-10,12-13,16,18,26H,6-8,11,14-15H2,1-5H3/b20-13+. The molecule has 0 spiro atoms. The summed E-state index contributed by atoms with van der Waals surface area (Å²) in [6.07, 6.45) is 7.76. The number of fused-ring (bicyclic) bond motifs is 1. The fourth-order valence-corrected chi connectivity index (χ4v) is 5.10. The highest BCUT2D eigenvalue weighted by Gasteiger charge is 2.33. The van der Waals surface area contributed by atoms with Crippen LogP contribution >= 0.6 is 24.0 Å². The molecule has 33 heavy (non-hydrogen) atoms. The third kappa shape index (κ3) is 5.84. The first-order chi connectivity index (χ1) is 15.8. The van der Waals surface area contributed by atoms with Gasteiger partial charge in [0.25, 0.3) is 11.5 Å². The normalized spacial score (nSPS) is 16.4. The van der Waals surface area contributed by atoms with Gasteiger partial charge in [0.15, 0.2) is 0 Å². The molecule has 1 aliphatic heterocycles. The van der Waals surface area contributed by atoms with E-state index in [2.05, 4.69) is 33.0 Å². The van der Waals surface area contributed by atoms with Gasteiger partial charge in [0, 0.05) is 19.3 Å². The van der Waals surface area contributed by atoms with E-state index in [0.29, 0.717) is 51.2 Å². The molecule has 2 aromatic rings. The Kier molecular flexibility index (Phi) is 8.70. The maximum atomic E-state index is 13.4. The van der Waals surface area contributed by atoms with E-state index in [9.17, 15) is 9.59 Å². The van der Waals surface area contributed by atoms with Gasteiger partial charge in [-0.05, 0) is 42.9 Å². The molecule has 3 heterocycles. The van der Waals surface area contributed by atoms with Gasteiger partial charge < -0.3 is 5.32 Å². The second kappa shape index (κ2) is 11.3. The first kappa shape index (κ1) is 25.4. The SMILES string of the molecule is CCCCC(CC)CN1C(=O)/C(=C\c2c(NCC(C)C)nc3c(C)cccn3c2=O)SC1=S. The largest absolute Gasteiger partial charge is 0.369 e. The third-order valence-electron chi connectivity index (χ3n) is 5.90. The van der Waals surface area contributed by atoms with Crippen molar-refractivity contribution in [2.45, 2.75) is 60.3 Å². The average molecular weight is 487 g/mol. The Hall–Kier alpha value is -2.19. The van der Waals surface area contributed by atoms with E-state index in [4.69, 9.17) is 17.2 Å². The van der Waals surface area contributed by atoms with Gasteiger partial charge in [-0.1, -0.05) is 77.0 Å². The first-order valence-electron chi connectivity index (χ1n) is 11.8. The van der Waals surface area contributed by atoms with Gasteiger partial charge in [-0.25, -0.2) is 4.98 Å². The molecule has 1 fully saturated rings. The molecule has 1 unspecified atom stereocenters. The number of nitrogens with one attached hydrogen (secondary N) is 1. The second-order valence-corrected chi connectivity index (χ2v) is 10.7. The minimum atomic E-state index is -0.199. The molecule has 1 atom stereocenters. The van der Waals surface area contributed by atoms with Gasteiger partial charge in [-0.2, -0.15) is 0 Å². The molecule has 0 bridgehead atoms. The number of unbranched alkanes of at least 4 members (excludes halogenated alkanes) is 1. The lowest BCUT2D eigenvalue weighted by atomic mass is 9.99. The number of thiocarbonyl (C=S) groups is 1. The predicted octanol–water partition coefficient (Wildman–Crippen LogP) is 5.49. The van der Waals surface area contributed by atoms with Crippen LogP contribution in [0.25, 0.3) is 11.7 Å². The number of hydrogen-bond donors (Lipinski definition) is 1. The molecule has 6 nitrogen and oxygen atoms in total. The molecule has 8 heteroatoms. The number of carbonyl (C=O) groups is 1. The van der Waals surface area contributed by atoms with E-state index < -0.39 is 0 Å². The maximum absolute atomic E-state index is 13.4. The smallest absolute Gasteiger partial charge is 0.267 e. The van der Waals surface area contributed by atoms with Crippen LogP contribution in [-0.4, -0.2) is 37.6 Å². The van der Waals surface area contributed by atoms with Crippen molar-refractivity contribution in [1.29, 1.82) is 0 Å². The molecule has 1 amide bonds. The van der Waals surface area contributed by atoms with Crippen LogP contribution < -0.4 is 10.9 Å². The van der Waals surface area contributed by atoms with Crippen LogP contribution in [0.4, 0.5) is 5.82 Å². The van der Waals surface area contributed by atoms with Crippen molar-refractivity contribution in [2.24, 2.45) is 11.8 Å². The third-order valence-corrected chi connectivity index (χ3v) is 7.27. The summed E-state index contributed by atoms with van der Waals surface area (Å²) in [6, 6.07) is 3.76. The maximum Gasteiger partial charge on any atom is 0.267 e. The minimum Gasteiger partial charge on any atom is -0.369 e. The predicted molar refractivity (Wildman–Crippen MR) is 143 cm³/mol. The first-order valence-corrected chi connectivity index (χ1v) is 13.0. The fourth-order valence-electron chi connectivity index (χ4n) is 3.84. The lowest BCUT2D eigenvalue weighted by Crippen LogP contribution is -2.33. The summed E-state index contributed by atoms with van der Waals surface area (Å²) < 4.78 is 2.10. The van der Waals surface area contributed by atoms with Gasteiger partial charge >= 0.3 is 0 Å². The van der Waals surface area contributed by atoms with Crippen molar-refractivity contribution in [1.82, 2.24) is 14.3 Å². The minimum absolute atomic E-state index is 0.122. The zero-order valence-corrected chi connectivity index (χ0v) is 21.8. The van der Waals surface area contributed by atoms with Gasteiger partial charge in [-0.3, -0.25) is 18.9 Å². The van der Waals surface area contributed by atoms with Gasteiger partial charge in [0.1, 0.15) is 15.8 Å². The molecule has 1 saturated heterocycles. The van der Waals surface area contributed by atoms with Crippen LogP contribution in [0.1, 0.15) is 64.5 Å². The molecule has 1 aliphatic rings. The number of rotatable bonds is 10. The number of hydrogen-bond acceptors (Lipinski definition) is 6. The Morgan fingerprint density at radius 3 is 2.70 bits per heavy atom. The molecule has 2 aromatic heterocycles. The lowest BCUT2D eigenvalue weighted by molar-refractivity contribution is -0.122. The summed E-state index contributed by atoms with van der Waals surface area (Å²) >= 11 is 6.82. The number of anilines is 1. The second-order valence-electron chi connectivity index (χ2n) is 9.05. The van der Waals surface area contributed by atoms with Crippen LogP contribution in [0.5, 0.6) is 0 Å². The number of amides is 1. The van der Waals surface area contributed by atoms with E-state index in [1.165, 1.54) is 11.8 Å². The summed E-state index contributed by atoms with van der Waals surface area (Å²) in [5.41, 5.74) is 1.71. The monoisotopic (exact) mass is 486 g/mol. The van der Waals surface area contributed by atoms with Crippen LogP contribution in [-0.2, 0) is 4.79 Å². The van der Waals surface area contributed by atoms with Gasteiger partial charge in [0.2, 0.25) is 0 Å². The van der Waals surface area contributed by atoms with Crippen LogP contribution in [0.3, 0.4) is 0 Å². The summed E-state index contributed by atoms with van der Waals surface area (Å²) in [6.45, 7) is 11.8. The summed E-state index contributed by atoms with van der Waals surface area (Å²) in [7, 11) is 0. The number of aryl methyl sites for hydroxylation is 1. The van der Waals surface area contributed by atoms with Crippen molar-refractivity contribution >= 4 is 51.7 Å². The zero-order valence-electron chi connectivity index (χ0n) is 20.2. The number of pyridine rings is 1. The molecule has 0 aliphatic carbocycles. The van der Waals surface area contributed by atoms with Crippen molar-refractivity contribution in [3.63, 3.8) is 0 Å². The molecule has 178 valence electrons. The van der Waals surface area contributed by atoms with E-state index in [0.717, 1.165) is 31.2 Å². The topological polar surface area (TPSA) is 66.7 Å². The molecule has 3 rings (SSSR count). The number of carbonyl (C=O) groups excluding carboxylic acids is 1. The van der Waals surface area contributed by atoms with Crippen LogP contribution in [0.2, 0.25) is 0 Å². The fraction of sp³-hybridized carbons (Fsp3) is 0.520. The highest BCUT2D eigenvalue weighted by molar-refractivity contribution is 8.26. The zero-order chi connectivity index (χ0) is 24.1. The Labute approximate surface area is 205 Å². The number of thioether (sulfide) groups is 1. The molecular weight excluding hydrogens is 452 g/mol. The van der Waals surface area contributed by atoms with E-state index >= 15 is 0 Å². The molecule has 0 radical (unpaired) electrons. The number of aromatic nitrogens is 2. The van der Waals surface area contributed by atoms with E-state index in [1.54, 1.807) is 21.6 Å². The van der Waals surface area contributed by atoms with Crippen molar-refractivity contribution in [2.75, 3.05) is 18.4 Å². The van der Waals surface area contributed by atoms with Crippen molar-refractivity contribution in [3.8, 4) is 0 Å². The molecule has 0 aromatic carbocycles. The quantitative estimate of drug-likeness (QED) is 0.354. The highest BCUT2D eigenvalue weighted by Crippen LogP contribution is 2.34. The Morgan fingerprint density at radius 1 is 1.27 bits per heavy atom. The number of nitrogens with zero attached hydrogens (tertiary/aromatic N) is 3. The Bertz CT molecular complexity index is 1120.